The molecule has 3 aromatic rings. The number of hydrogen-bond donors (Lipinski definition) is 2. The second kappa shape index (κ2) is 8.69. The Bertz CT molecular complexity index is 1370. The maximum atomic E-state index is 12.3. The summed E-state index contributed by atoms with van der Waals surface area (Å²) >= 11 is 0. The average molecular weight is 485 g/mol. The van der Waals surface area contributed by atoms with Crippen LogP contribution in [0.4, 0.5) is 17.5 Å². The molecule has 0 spiro atoms. The number of nitriles is 1. The fourth-order valence-electron chi connectivity index (χ4n) is 4.60. The van der Waals surface area contributed by atoms with Gasteiger partial charge in [-0.2, -0.15) is 14.7 Å². The van der Waals surface area contributed by atoms with Crippen molar-refractivity contribution in [3.05, 3.63) is 35.5 Å². The van der Waals surface area contributed by atoms with Gasteiger partial charge in [-0.15, -0.1) is 0 Å². The lowest BCUT2D eigenvalue weighted by Gasteiger charge is -2.43. The predicted octanol–water partition coefficient (Wildman–Crippen LogP) is 1.31. The maximum Gasteiger partial charge on any atom is 0.211 e. The number of nitrogens with zero attached hydrogens (tertiary/aromatic N) is 8. The van der Waals surface area contributed by atoms with Crippen LogP contribution in [0.15, 0.2) is 18.6 Å². The van der Waals surface area contributed by atoms with E-state index < -0.39 is 16.1 Å². The molecule has 34 heavy (non-hydrogen) atoms. The zero-order valence-electron chi connectivity index (χ0n) is 19.8. The SMILES string of the molecule is Cc1ccn2nc([C@H](C)Nc3ncnc(N)c3C#N)nc(N3C[C@@H](C)N(S(C)(=O)=O)[C@@H](C)C3)c12. The third-order valence-electron chi connectivity index (χ3n) is 5.96. The molecule has 0 aliphatic carbocycles. The van der Waals surface area contributed by atoms with Crippen molar-refractivity contribution in [2.24, 2.45) is 0 Å². The van der Waals surface area contributed by atoms with Gasteiger partial charge in [0, 0.05) is 31.4 Å². The van der Waals surface area contributed by atoms with Crippen LogP contribution >= 0.6 is 0 Å². The van der Waals surface area contributed by atoms with Gasteiger partial charge in [-0.1, -0.05) is 0 Å². The molecule has 0 bridgehead atoms. The number of nitrogens with two attached hydrogens (primary N) is 1. The monoisotopic (exact) mass is 484 g/mol. The lowest BCUT2D eigenvalue weighted by atomic mass is 10.1. The van der Waals surface area contributed by atoms with Crippen LogP contribution in [0.2, 0.25) is 0 Å². The van der Waals surface area contributed by atoms with Crippen LogP contribution in [0.25, 0.3) is 5.52 Å². The van der Waals surface area contributed by atoms with Gasteiger partial charge in [-0.25, -0.2) is 27.9 Å². The molecule has 180 valence electrons. The summed E-state index contributed by atoms with van der Waals surface area (Å²) in [7, 11) is -3.33. The first-order valence-corrected chi connectivity index (χ1v) is 12.7. The molecular formula is C21H28N10O2S. The molecule has 1 saturated heterocycles. The van der Waals surface area contributed by atoms with Gasteiger partial charge >= 0.3 is 0 Å². The molecule has 3 N–H and O–H groups in total. The molecule has 0 aromatic carbocycles. The molecule has 1 fully saturated rings. The Hall–Kier alpha value is -3.50. The summed E-state index contributed by atoms with van der Waals surface area (Å²) in [4.78, 5) is 15.0. The fraction of sp³-hybridized carbons (Fsp3) is 0.476. The van der Waals surface area contributed by atoms with Crippen molar-refractivity contribution >= 4 is 33.0 Å². The van der Waals surface area contributed by atoms with Crippen molar-refractivity contribution in [1.29, 1.82) is 5.26 Å². The van der Waals surface area contributed by atoms with Crippen LogP contribution in [-0.4, -0.2) is 68.7 Å². The Kier molecular flexibility index (Phi) is 6.05. The van der Waals surface area contributed by atoms with E-state index in [1.807, 2.05) is 46.0 Å². The fourth-order valence-corrected chi connectivity index (χ4v) is 6.04. The minimum absolute atomic E-state index is 0.0945. The molecule has 4 heterocycles. The third-order valence-corrected chi connectivity index (χ3v) is 7.45. The summed E-state index contributed by atoms with van der Waals surface area (Å²) in [6.07, 6.45) is 4.41. The lowest BCUT2D eigenvalue weighted by Crippen LogP contribution is -2.58. The molecule has 1 aliphatic heterocycles. The van der Waals surface area contributed by atoms with Crippen LogP contribution < -0.4 is 16.0 Å². The summed E-state index contributed by atoms with van der Waals surface area (Å²) in [6.45, 7) is 8.66. The van der Waals surface area contributed by atoms with Gasteiger partial charge < -0.3 is 16.0 Å². The highest BCUT2D eigenvalue weighted by atomic mass is 32.2. The molecule has 13 heteroatoms. The van der Waals surface area contributed by atoms with E-state index in [1.54, 1.807) is 8.82 Å². The average Bonchev–Trinajstić information content (AvgIpc) is 3.12. The van der Waals surface area contributed by atoms with Crippen LogP contribution in [0, 0.1) is 18.3 Å². The van der Waals surface area contributed by atoms with Crippen molar-refractivity contribution in [1.82, 2.24) is 28.9 Å². The van der Waals surface area contributed by atoms with E-state index in [0.29, 0.717) is 24.7 Å². The van der Waals surface area contributed by atoms with Crippen LogP contribution in [0.5, 0.6) is 0 Å². The van der Waals surface area contributed by atoms with E-state index in [1.165, 1.54) is 12.6 Å². The largest absolute Gasteiger partial charge is 0.382 e. The van der Waals surface area contributed by atoms with E-state index in [2.05, 4.69) is 25.3 Å². The quantitative estimate of drug-likeness (QED) is 0.541. The molecule has 1 aliphatic rings. The first-order valence-electron chi connectivity index (χ1n) is 10.9. The number of nitrogen functional groups attached to an aromatic ring is 1. The first-order chi connectivity index (χ1) is 16.0. The zero-order valence-corrected chi connectivity index (χ0v) is 20.6. The molecular weight excluding hydrogens is 456 g/mol. The number of nitrogens with one attached hydrogen (secondary N) is 1. The molecule has 3 aromatic heterocycles. The number of sulfonamides is 1. The van der Waals surface area contributed by atoms with Gasteiger partial charge in [0.1, 0.15) is 35.1 Å². The van der Waals surface area contributed by atoms with E-state index in [-0.39, 0.29) is 23.5 Å². The van der Waals surface area contributed by atoms with Crippen LogP contribution in [0.1, 0.15) is 43.8 Å². The Morgan fingerprint density at radius 3 is 2.56 bits per heavy atom. The minimum atomic E-state index is -3.33. The molecule has 0 radical (unpaired) electrons. The van der Waals surface area contributed by atoms with Crippen molar-refractivity contribution in [2.75, 3.05) is 35.3 Å². The van der Waals surface area contributed by atoms with Gasteiger partial charge in [0.05, 0.1) is 12.3 Å². The Morgan fingerprint density at radius 1 is 1.26 bits per heavy atom. The number of hydrogen-bond acceptors (Lipinski definition) is 10. The number of rotatable bonds is 5. The Morgan fingerprint density at radius 2 is 1.94 bits per heavy atom. The van der Waals surface area contributed by atoms with Crippen molar-refractivity contribution in [3.8, 4) is 6.07 Å². The topological polar surface area (TPSA) is 158 Å². The van der Waals surface area contributed by atoms with Gasteiger partial charge in [-0.05, 0) is 39.3 Å². The van der Waals surface area contributed by atoms with Crippen molar-refractivity contribution in [2.45, 2.75) is 45.8 Å². The summed E-state index contributed by atoms with van der Waals surface area (Å²) in [5.41, 5.74) is 7.85. The molecule has 12 nitrogen and oxygen atoms in total. The number of piperazine rings is 1. The van der Waals surface area contributed by atoms with E-state index in [4.69, 9.17) is 10.7 Å². The van der Waals surface area contributed by atoms with Crippen molar-refractivity contribution < 1.29 is 8.42 Å². The zero-order chi connectivity index (χ0) is 24.8. The summed E-state index contributed by atoms with van der Waals surface area (Å²) in [5.74, 6) is 1.62. The molecule has 0 unspecified atom stereocenters. The summed E-state index contributed by atoms with van der Waals surface area (Å²) in [5, 5.41) is 17.3. The lowest BCUT2D eigenvalue weighted by molar-refractivity contribution is 0.242. The minimum Gasteiger partial charge on any atom is -0.382 e. The number of aromatic nitrogens is 5. The van der Waals surface area contributed by atoms with E-state index in [0.717, 1.165) is 16.9 Å². The Balaban J connectivity index is 1.73. The predicted molar refractivity (Wildman–Crippen MR) is 129 cm³/mol. The number of fused-ring (bicyclic) bond motifs is 1. The molecule has 0 saturated carbocycles. The standard InChI is InChI=1S/C21H28N10O2S/c1-12-6-7-30-17(12)21(29-9-13(2)31(14(3)10-29)34(5,32)33)27-19(28-30)15(4)26-20-16(8-22)18(23)24-11-25-20/h6-7,11,13-15H,9-10H2,1-5H3,(H3,23,24,25,26)/t13-,14+,15-/m0/s1. The second-order valence-corrected chi connectivity index (χ2v) is 10.6. The van der Waals surface area contributed by atoms with E-state index in [9.17, 15) is 13.7 Å². The summed E-state index contributed by atoms with van der Waals surface area (Å²) < 4.78 is 27.9. The highest BCUT2D eigenvalue weighted by Gasteiger charge is 2.36. The van der Waals surface area contributed by atoms with Gasteiger partial charge in [0.15, 0.2) is 11.6 Å². The molecule has 3 atom stereocenters. The maximum absolute atomic E-state index is 12.3. The van der Waals surface area contributed by atoms with Crippen LogP contribution in [0.3, 0.4) is 0 Å². The second-order valence-electron chi connectivity index (χ2n) is 8.74. The van der Waals surface area contributed by atoms with Gasteiger partial charge in [-0.3, -0.25) is 0 Å². The third kappa shape index (κ3) is 4.22. The molecule has 0 amide bonds. The van der Waals surface area contributed by atoms with Crippen LogP contribution in [-0.2, 0) is 10.0 Å². The van der Waals surface area contributed by atoms with Crippen molar-refractivity contribution in [3.63, 3.8) is 0 Å². The van der Waals surface area contributed by atoms with E-state index >= 15 is 0 Å². The normalized spacial score (nSPS) is 20.3. The highest BCUT2D eigenvalue weighted by Crippen LogP contribution is 2.30. The number of aryl methyl sites for hydroxylation is 1. The van der Waals surface area contributed by atoms with Gasteiger partial charge in [0.25, 0.3) is 0 Å². The first kappa shape index (κ1) is 23.7. The summed E-state index contributed by atoms with van der Waals surface area (Å²) in [6, 6.07) is 3.15. The molecule has 4 rings (SSSR count). The van der Waals surface area contributed by atoms with Gasteiger partial charge in [0.2, 0.25) is 10.0 Å². The number of anilines is 3. The smallest absolute Gasteiger partial charge is 0.211 e. The highest BCUT2D eigenvalue weighted by molar-refractivity contribution is 7.88. The Labute approximate surface area is 198 Å².